The van der Waals surface area contributed by atoms with Crippen LogP contribution in [-0.4, -0.2) is 11.5 Å². The molecule has 3 aromatic rings. The summed E-state index contributed by atoms with van der Waals surface area (Å²) in [6.45, 7) is 0.898. The maximum Gasteiger partial charge on any atom is 0.203 e. The van der Waals surface area contributed by atoms with Gasteiger partial charge in [-0.25, -0.2) is 4.98 Å². The third kappa shape index (κ3) is 2.17. The van der Waals surface area contributed by atoms with Crippen molar-refractivity contribution in [2.24, 2.45) is 0 Å². The first-order valence-electron chi connectivity index (χ1n) is 6.80. The molecule has 2 heterocycles. The largest absolute Gasteiger partial charge is 0.438 e. The highest BCUT2D eigenvalue weighted by Crippen LogP contribution is 2.38. The lowest BCUT2D eigenvalue weighted by atomic mass is 9.91. The zero-order valence-electron chi connectivity index (χ0n) is 11.1. The number of oxazole rings is 1. The van der Waals surface area contributed by atoms with Crippen LogP contribution in [0.5, 0.6) is 0 Å². The van der Waals surface area contributed by atoms with Crippen molar-refractivity contribution in [3.63, 3.8) is 0 Å². The summed E-state index contributed by atoms with van der Waals surface area (Å²) in [5.74, 6) is 0.841. The van der Waals surface area contributed by atoms with E-state index in [1.165, 1.54) is 5.56 Å². The average Bonchev–Trinajstić information content (AvgIpc) is 2.90. The van der Waals surface area contributed by atoms with Gasteiger partial charge in [0.15, 0.2) is 5.58 Å². The van der Waals surface area contributed by atoms with Crippen LogP contribution >= 0.6 is 23.2 Å². The Morgan fingerprint density at radius 2 is 2.05 bits per heavy atom. The molecule has 1 aromatic heterocycles. The molecule has 1 N–H and O–H groups in total. The molecule has 21 heavy (non-hydrogen) atoms. The third-order valence-corrected chi connectivity index (χ3v) is 4.31. The molecule has 2 aromatic carbocycles. The van der Waals surface area contributed by atoms with E-state index in [9.17, 15) is 0 Å². The Kier molecular flexibility index (Phi) is 3.05. The molecule has 3 nitrogen and oxygen atoms in total. The van der Waals surface area contributed by atoms with Gasteiger partial charge in [-0.15, -0.1) is 0 Å². The Morgan fingerprint density at radius 3 is 2.95 bits per heavy atom. The topological polar surface area (TPSA) is 38.1 Å². The summed E-state index contributed by atoms with van der Waals surface area (Å²) in [7, 11) is 0. The van der Waals surface area contributed by atoms with Crippen molar-refractivity contribution >= 4 is 40.0 Å². The molecule has 0 aliphatic carbocycles. The predicted molar refractivity (Wildman–Crippen MR) is 85.4 cm³/mol. The van der Waals surface area contributed by atoms with E-state index in [1.54, 1.807) is 12.1 Å². The van der Waals surface area contributed by atoms with Crippen LogP contribution in [0.2, 0.25) is 10.0 Å². The highest BCUT2D eigenvalue weighted by Gasteiger charge is 2.26. The first-order valence-corrected chi connectivity index (χ1v) is 7.56. The monoisotopic (exact) mass is 318 g/mol. The second kappa shape index (κ2) is 4.93. The van der Waals surface area contributed by atoms with Crippen LogP contribution in [0, 0.1) is 0 Å². The number of rotatable bonds is 1. The average molecular weight is 319 g/mol. The minimum absolute atomic E-state index is 0.143. The van der Waals surface area contributed by atoms with Crippen LogP contribution in [0.1, 0.15) is 23.8 Å². The van der Waals surface area contributed by atoms with E-state index in [2.05, 4.69) is 22.4 Å². The molecular formula is C16H12Cl2N2O. The van der Waals surface area contributed by atoms with E-state index in [1.807, 2.05) is 12.1 Å². The zero-order chi connectivity index (χ0) is 14.4. The highest BCUT2D eigenvalue weighted by molar-refractivity contribution is 6.37. The summed E-state index contributed by atoms with van der Waals surface area (Å²) in [4.78, 5) is 4.59. The normalized spacial score (nSPS) is 17.5. The molecule has 0 amide bonds. The first kappa shape index (κ1) is 13.0. The zero-order valence-corrected chi connectivity index (χ0v) is 12.6. The fourth-order valence-electron chi connectivity index (χ4n) is 2.85. The molecule has 1 unspecified atom stereocenters. The molecule has 4 rings (SSSR count). The summed E-state index contributed by atoms with van der Waals surface area (Å²) >= 11 is 12.2. The van der Waals surface area contributed by atoms with Gasteiger partial charge in [0.2, 0.25) is 5.89 Å². The minimum atomic E-state index is 0.143. The molecule has 1 atom stereocenters. The number of halogens is 2. The van der Waals surface area contributed by atoms with Crippen molar-refractivity contribution in [1.29, 1.82) is 0 Å². The van der Waals surface area contributed by atoms with Gasteiger partial charge in [0.05, 0.1) is 10.9 Å². The quantitative estimate of drug-likeness (QED) is 0.679. The van der Waals surface area contributed by atoms with Gasteiger partial charge >= 0.3 is 0 Å². The van der Waals surface area contributed by atoms with E-state index in [0.717, 1.165) is 18.7 Å². The van der Waals surface area contributed by atoms with Gasteiger partial charge < -0.3 is 9.73 Å². The lowest BCUT2D eigenvalue weighted by molar-refractivity contribution is 0.485. The fraction of sp³-hybridized carbons (Fsp3) is 0.188. The summed E-state index contributed by atoms with van der Waals surface area (Å²) in [6.07, 6.45) is 0.940. The number of fused-ring (bicyclic) bond motifs is 2. The molecule has 1 aliphatic rings. The van der Waals surface area contributed by atoms with Gasteiger partial charge in [0, 0.05) is 17.3 Å². The lowest BCUT2D eigenvalue weighted by Crippen LogP contribution is -2.17. The fourth-order valence-corrected chi connectivity index (χ4v) is 3.37. The van der Waals surface area contributed by atoms with Crippen LogP contribution in [0.15, 0.2) is 40.8 Å². The van der Waals surface area contributed by atoms with Crippen molar-refractivity contribution in [2.45, 2.75) is 12.3 Å². The van der Waals surface area contributed by atoms with E-state index >= 15 is 0 Å². The standard InChI is InChI=1S/C16H12Cl2N2O/c17-9-7-12(18)15-14(8-9)20-16(21-15)11-5-6-19-13-4-2-1-3-10(11)13/h1-4,7-8,11,19H,5-6H2. The SMILES string of the molecule is Clc1cc(Cl)c2oc(C3CCNc4ccccc43)nc2c1. The second-order valence-corrected chi connectivity index (χ2v) is 5.99. The van der Waals surface area contributed by atoms with Gasteiger partial charge in [-0.1, -0.05) is 41.4 Å². The van der Waals surface area contributed by atoms with Crippen molar-refractivity contribution in [3.8, 4) is 0 Å². The maximum atomic E-state index is 6.18. The van der Waals surface area contributed by atoms with E-state index < -0.39 is 0 Å². The van der Waals surface area contributed by atoms with Crippen molar-refractivity contribution in [1.82, 2.24) is 4.98 Å². The number of aromatic nitrogens is 1. The Labute approximate surface area is 131 Å². The lowest BCUT2D eigenvalue weighted by Gasteiger charge is -2.24. The van der Waals surface area contributed by atoms with Crippen LogP contribution in [0.3, 0.4) is 0 Å². The van der Waals surface area contributed by atoms with Gasteiger partial charge in [-0.05, 0) is 30.2 Å². The smallest absolute Gasteiger partial charge is 0.203 e. The highest BCUT2D eigenvalue weighted by atomic mass is 35.5. The molecule has 1 aliphatic heterocycles. The minimum Gasteiger partial charge on any atom is -0.438 e. The number of hydrogen-bond donors (Lipinski definition) is 1. The van der Waals surface area contributed by atoms with E-state index in [4.69, 9.17) is 27.6 Å². The summed E-state index contributed by atoms with van der Waals surface area (Å²) in [5, 5.41) is 4.47. The van der Waals surface area contributed by atoms with Crippen LogP contribution in [-0.2, 0) is 0 Å². The Bertz CT molecular complexity index is 828. The van der Waals surface area contributed by atoms with Gasteiger partial charge in [0.25, 0.3) is 0 Å². The summed E-state index contributed by atoms with van der Waals surface area (Å²) in [6, 6.07) is 11.7. The van der Waals surface area contributed by atoms with Gasteiger partial charge in [-0.3, -0.25) is 0 Å². The molecule has 0 spiro atoms. The molecule has 5 heteroatoms. The number of anilines is 1. The Balaban J connectivity index is 1.86. The number of benzene rings is 2. The van der Waals surface area contributed by atoms with E-state index in [0.29, 0.717) is 27.0 Å². The molecule has 0 radical (unpaired) electrons. The van der Waals surface area contributed by atoms with Gasteiger partial charge in [0.1, 0.15) is 5.52 Å². The first-order chi connectivity index (χ1) is 10.2. The Hall–Kier alpha value is -1.71. The Morgan fingerprint density at radius 1 is 1.19 bits per heavy atom. The third-order valence-electron chi connectivity index (χ3n) is 3.81. The molecule has 0 fully saturated rings. The number of hydrogen-bond acceptors (Lipinski definition) is 3. The summed E-state index contributed by atoms with van der Waals surface area (Å²) < 4.78 is 5.92. The van der Waals surface area contributed by atoms with Crippen molar-refractivity contribution in [2.75, 3.05) is 11.9 Å². The van der Waals surface area contributed by atoms with Crippen molar-refractivity contribution in [3.05, 3.63) is 57.9 Å². The van der Waals surface area contributed by atoms with E-state index in [-0.39, 0.29) is 5.92 Å². The molecule has 0 saturated carbocycles. The van der Waals surface area contributed by atoms with Crippen LogP contribution in [0.25, 0.3) is 11.1 Å². The number of para-hydroxylation sites is 1. The van der Waals surface area contributed by atoms with Crippen molar-refractivity contribution < 1.29 is 4.42 Å². The summed E-state index contributed by atoms with van der Waals surface area (Å²) in [5.41, 5.74) is 3.66. The maximum absolute atomic E-state index is 6.18. The second-order valence-electron chi connectivity index (χ2n) is 5.14. The number of nitrogens with one attached hydrogen (secondary N) is 1. The van der Waals surface area contributed by atoms with Crippen LogP contribution < -0.4 is 5.32 Å². The number of nitrogens with zero attached hydrogens (tertiary/aromatic N) is 1. The molecule has 0 saturated heterocycles. The molecule has 106 valence electrons. The predicted octanol–water partition coefficient (Wildman–Crippen LogP) is 5.08. The van der Waals surface area contributed by atoms with Gasteiger partial charge in [-0.2, -0.15) is 0 Å². The van der Waals surface area contributed by atoms with Crippen LogP contribution in [0.4, 0.5) is 5.69 Å². The molecule has 0 bridgehead atoms. The molecular weight excluding hydrogens is 307 g/mol.